The predicted molar refractivity (Wildman–Crippen MR) is 67.3 cm³/mol. The summed E-state index contributed by atoms with van der Waals surface area (Å²) in [6, 6.07) is 5.69. The average Bonchev–Trinajstić information content (AvgIpc) is 2.35. The predicted octanol–water partition coefficient (Wildman–Crippen LogP) is 1.16. The second-order valence-electron chi connectivity index (χ2n) is 4.46. The van der Waals surface area contributed by atoms with Crippen molar-refractivity contribution in [2.75, 3.05) is 18.4 Å². The van der Waals surface area contributed by atoms with E-state index in [0.29, 0.717) is 5.56 Å². The lowest BCUT2D eigenvalue weighted by Gasteiger charge is -2.18. The third-order valence-corrected chi connectivity index (χ3v) is 2.86. The topological polar surface area (TPSA) is 61.4 Å². The third-order valence-electron chi connectivity index (χ3n) is 2.86. The molecule has 1 atom stereocenters. The maximum absolute atomic E-state index is 11.8. The molecule has 17 heavy (non-hydrogen) atoms. The molecule has 3 N–H and O–H groups in total. The molecule has 92 valence electrons. The van der Waals surface area contributed by atoms with Crippen molar-refractivity contribution < 1.29 is 9.90 Å². The van der Waals surface area contributed by atoms with Gasteiger partial charge in [0.05, 0.1) is 6.10 Å². The number of carbonyl (C=O) groups is 1. The summed E-state index contributed by atoms with van der Waals surface area (Å²) in [5.41, 5.74) is 2.98. The lowest BCUT2D eigenvalue weighted by atomic mass is 10.0. The van der Waals surface area contributed by atoms with Gasteiger partial charge < -0.3 is 15.7 Å². The largest absolute Gasteiger partial charge is 0.392 e. The van der Waals surface area contributed by atoms with Crippen LogP contribution in [0.1, 0.15) is 29.3 Å². The first kappa shape index (κ1) is 11.9. The van der Waals surface area contributed by atoms with Gasteiger partial charge in [-0.25, -0.2) is 0 Å². The van der Waals surface area contributed by atoms with Crippen LogP contribution in [0.4, 0.5) is 5.69 Å². The summed E-state index contributed by atoms with van der Waals surface area (Å²) in [6.07, 6.45) is 1.60. The van der Waals surface area contributed by atoms with Crippen LogP contribution in [0.5, 0.6) is 0 Å². The molecule has 1 aromatic rings. The Morgan fingerprint density at radius 2 is 2.41 bits per heavy atom. The van der Waals surface area contributed by atoms with Crippen LogP contribution in [0, 0.1) is 0 Å². The average molecular weight is 234 g/mol. The van der Waals surface area contributed by atoms with Gasteiger partial charge in [-0.2, -0.15) is 0 Å². The lowest BCUT2D eigenvalue weighted by molar-refractivity contribution is 0.0924. The molecular formula is C13H18N2O2. The van der Waals surface area contributed by atoms with E-state index >= 15 is 0 Å². The van der Waals surface area contributed by atoms with Gasteiger partial charge in [0, 0.05) is 24.3 Å². The van der Waals surface area contributed by atoms with Gasteiger partial charge in [0.1, 0.15) is 0 Å². The Balaban J connectivity index is 2.08. The van der Waals surface area contributed by atoms with Gasteiger partial charge in [-0.05, 0) is 43.5 Å². The Bertz CT molecular complexity index is 416. The molecule has 0 aliphatic carbocycles. The molecule has 0 bridgehead atoms. The highest BCUT2D eigenvalue weighted by molar-refractivity contribution is 5.95. The van der Waals surface area contributed by atoms with Crippen LogP contribution in [0.3, 0.4) is 0 Å². The first-order valence-electron chi connectivity index (χ1n) is 6.00. The maximum Gasteiger partial charge on any atom is 0.251 e. The highest BCUT2D eigenvalue weighted by Crippen LogP contribution is 2.22. The van der Waals surface area contributed by atoms with E-state index in [2.05, 4.69) is 10.6 Å². The minimum atomic E-state index is -0.516. The highest BCUT2D eigenvalue weighted by atomic mass is 16.3. The van der Waals surface area contributed by atoms with Crippen molar-refractivity contribution in [2.24, 2.45) is 0 Å². The zero-order valence-electron chi connectivity index (χ0n) is 9.99. The van der Waals surface area contributed by atoms with E-state index in [0.717, 1.165) is 25.1 Å². The van der Waals surface area contributed by atoms with Gasteiger partial charge in [0.25, 0.3) is 5.91 Å². The van der Waals surface area contributed by atoms with Crippen molar-refractivity contribution in [3.63, 3.8) is 0 Å². The molecule has 1 amide bonds. The van der Waals surface area contributed by atoms with Crippen LogP contribution in [-0.4, -0.2) is 30.2 Å². The second kappa shape index (κ2) is 5.19. The molecule has 0 spiro atoms. The molecule has 1 aliphatic rings. The number of amides is 1. The Labute approximate surface area is 101 Å². The molecule has 0 unspecified atom stereocenters. The first-order chi connectivity index (χ1) is 8.16. The summed E-state index contributed by atoms with van der Waals surface area (Å²) >= 11 is 0. The van der Waals surface area contributed by atoms with E-state index in [9.17, 15) is 4.79 Å². The fraction of sp³-hybridized carbons (Fsp3) is 0.462. The summed E-state index contributed by atoms with van der Waals surface area (Å²) in [6.45, 7) is 2.94. The van der Waals surface area contributed by atoms with Crippen LogP contribution in [0.2, 0.25) is 0 Å². The van der Waals surface area contributed by atoms with Crippen molar-refractivity contribution in [3.05, 3.63) is 29.3 Å². The van der Waals surface area contributed by atoms with Crippen LogP contribution >= 0.6 is 0 Å². The minimum absolute atomic E-state index is 0.126. The van der Waals surface area contributed by atoms with Crippen LogP contribution in [0.25, 0.3) is 0 Å². The first-order valence-corrected chi connectivity index (χ1v) is 6.00. The van der Waals surface area contributed by atoms with Crippen molar-refractivity contribution in [1.82, 2.24) is 5.32 Å². The number of fused-ring (bicyclic) bond motifs is 1. The monoisotopic (exact) mass is 234 g/mol. The molecule has 2 rings (SSSR count). The Morgan fingerprint density at radius 3 is 3.18 bits per heavy atom. The van der Waals surface area contributed by atoms with Crippen molar-refractivity contribution in [1.29, 1.82) is 0 Å². The normalized spacial score (nSPS) is 15.6. The molecule has 1 heterocycles. The number of rotatable bonds is 3. The Morgan fingerprint density at radius 1 is 1.59 bits per heavy atom. The van der Waals surface area contributed by atoms with Gasteiger partial charge >= 0.3 is 0 Å². The van der Waals surface area contributed by atoms with Crippen molar-refractivity contribution in [3.8, 4) is 0 Å². The SMILES string of the molecule is C[C@H](O)CNC(=O)c1ccc2c(c1)CCCN2. The lowest BCUT2D eigenvalue weighted by Crippen LogP contribution is -2.30. The number of hydrogen-bond acceptors (Lipinski definition) is 3. The summed E-state index contributed by atoms with van der Waals surface area (Å²) in [7, 11) is 0. The van der Waals surface area contributed by atoms with Gasteiger partial charge in [-0.1, -0.05) is 0 Å². The number of nitrogens with one attached hydrogen (secondary N) is 2. The summed E-state index contributed by atoms with van der Waals surface area (Å²) in [4.78, 5) is 11.8. The van der Waals surface area contributed by atoms with Gasteiger partial charge in [0.15, 0.2) is 0 Å². The van der Waals surface area contributed by atoms with Crippen LogP contribution in [-0.2, 0) is 6.42 Å². The molecule has 0 aromatic heterocycles. The molecule has 4 nitrogen and oxygen atoms in total. The Hall–Kier alpha value is -1.55. The zero-order valence-corrected chi connectivity index (χ0v) is 9.99. The number of aryl methyl sites for hydroxylation is 1. The smallest absolute Gasteiger partial charge is 0.251 e. The van der Waals surface area contributed by atoms with Crippen molar-refractivity contribution >= 4 is 11.6 Å². The zero-order chi connectivity index (χ0) is 12.3. The minimum Gasteiger partial charge on any atom is -0.392 e. The van der Waals surface area contributed by atoms with Crippen molar-refractivity contribution in [2.45, 2.75) is 25.9 Å². The van der Waals surface area contributed by atoms with E-state index in [1.54, 1.807) is 6.92 Å². The van der Waals surface area contributed by atoms with Crippen LogP contribution in [0.15, 0.2) is 18.2 Å². The molecule has 1 aromatic carbocycles. The number of aliphatic hydroxyl groups excluding tert-OH is 1. The summed E-state index contributed by atoms with van der Waals surface area (Å²) < 4.78 is 0. The fourth-order valence-corrected chi connectivity index (χ4v) is 1.96. The number of anilines is 1. The molecule has 1 aliphatic heterocycles. The van der Waals surface area contributed by atoms with E-state index in [-0.39, 0.29) is 12.5 Å². The number of benzene rings is 1. The maximum atomic E-state index is 11.8. The van der Waals surface area contributed by atoms with Gasteiger partial charge in [-0.15, -0.1) is 0 Å². The van der Waals surface area contributed by atoms with E-state index in [1.807, 2.05) is 18.2 Å². The van der Waals surface area contributed by atoms with E-state index in [4.69, 9.17) is 5.11 Å². The quantitative estimate of drug-likeness (QED) is 0.735. The molecule has 0 radical (unpaired) electrons. The molecular weight excluding hydrogens is 216 g/mol. The van der Waals surface area contributed by atoms with E-state index in [1.165, 1.54) is 5.56 Å². The van der Waals surface area contributed by atoms with E-state index < -0.39 is 6.10 Å². The molecule has 0 saturated heterocycles. The molecule has 0 saturated carbocycles. The second-order valence-corrected chi connectivity index (χ2v) is 4.46. The third kappa shape index (κ3) is 2.97. The standard InChI is InChI=1S/C13H18N2O2/c1-9(16)8-15-13(17)11-4-5-12-10(7-11)3-2-6-14-12/h4-5,7,9,14,16H,2-3,6,8H2,1H3,(H,15,17)/t9-/m0/s1. The van der Waals surface area contributed by atoms with Gasteiger partial charge in [0.2, 0.25) is 0 Å². The summed E-state index contributed by atoms with van der Waals surface area (Å²) in [5, 5.41) is 15.1. The van der Waals surface area contributed by atoms with Crippen LogP contribution < -0.4 is 10.6 Å². The highest BCUT2D eigenvalue weighted by Gasteiger charge is 2.12. The Kier molecular flexibility index (Phi) is 3.64. The fourth-order valence-electron chi connectivity index (χ4n) is 1.96. The molecule has 4 heteroatoms. The summed E-state index contributed by atoms with van der Waals surface area (Å²) in [5.74, 6) is -0.126. The molecule has 0 fully saturated rings. The number of carbonyl (C=O) groups excluding carboxylic acids is 1. The van der Waals surface area contributed by atoms with Gasteiger partial charge in [-0.3, -0.25) is 4.79 Å². The number of aliphatic hydroxyl groups is 1. The number of hydrogen-bond donors (Lipinski definition) is 3.